The van der Waals surface area contributed by atoms with E-state index in [1.165, 1.54) is 24.5 Å². The lowest BCUT2D eigenvalue weighted by Gasteiger charge is -2.11. The fourth-order valence-corrected chi connectivity index (χ4v) is 2.85. The number of hydrogen-bond acceptors (Lipinski definition) is 3. The number of carbonyl (C=O) groups excluding carboxylic acids is 2. The van der Waals surface area contributed by atoms with Crippen LogP contribution < -0.4 is 5.32 Å². The Balaban J connectivity index is 2.09. The molecule has 3 rings (SSSR count). The quantitative estimate of drug-likeness (QED) is 0.879. The Morgan fingerprint density at radius 3 is 2.81 bits per heavy atom. The molecule has 1 aromatic heterocycles. The van der Waals surface area contributed by atoms with E-state index in [9.17, 15) is 9.59 Å². The predicted molar refractivity (Wildman–Crippen MR) is 81.4 cm³/mol. The van der Waals surface area contributed by atoms with Crippen molar-refractivity contribution >= 4 is 18.0 Å². The zero-order valence-corrected chi connectivity index (χ0v) is 11.8. The van der Waals surface area contributed by atoms with E-state index in [-0.39, 0.29) is 5.91 Å². The van der Waals surface area contributed by atoms with Gasteiger partial charge in [0, 0.05) is 13.1 Å². The Morgan fingerprint density at radius 1 is 1.24 bits per heavy atom. The molecule has 1 aromatic carbocycles. The third kappa shape index (κ3) is 2.57. The summed E-state index contributed by atoms with van der Waals surface area (Å²) < 4.78 is 0. The van der Waals surface area contributed by atoms with Gasteiger partial charge in [-0.2, -0.15) is 0 Å². The highest BCUT2D eigenvalue weighted by Crippen LogP contribution is 2.31. The zero-order valence-electron chi connectivity index (χ0n) is 11.8. The number of fused-ring (bicyclic) bond motifs is 1. The van der Waals surface area contributed by atoms with E-state index in [2.05, 4.69) is 22.4 Å². The van der Waals surface area contributed by atoms with Crippen molar-refractivity contribution in [2.24, 2.45) is 0 Å². The van der Waals surface area contributed by atoms with Gasteiger partial charge in [0.2, 0.25) is 5.91 Å². The standard InChI is InChI=1S/C17H16N2O2/c1-11(21)19-17-16(10-20)15(7-8-18-17)14-6-5-12-3-2-4-13(12)9-14/h5-10H,2-4H2,1H3,(H,18,19,21). The fraction of sp³-hybridized carbons (Fsp3) is 0.235. The van der Waals surface area contributed by atoms with Crippen LogP contribution in [-0.2, 0) is 17.6 Å². The average Bonchev–Trinajstić information content (AvgIpc) is 2.93. The number of benzene rings is 1. The van der Waals surface area contributed by atoms with Crippen molar-refractivity contribution in [1.29, 1.82) is 0 Å². The molecule has 1 N–H and O–H groups in total. The van der Waals surface area contributed by atoms with Gasteiger partial charge in [-0.15, -0.1) is 0 Å². The van der Waals surface area contributed by atoms with Gasteiger partial charge in [-0.05, 0) is 47.6 Å². The molecule has 106 valence electrons. The fourth-order valence-electron chi connectivity index (χ4n) is 2.85. The lowest BCUT2D eigenvalue weighted by molar-refractivity contribution is -0.114. The minimum absolute atomic E-state index is 0.239. The van der Waals surface area contributed by atoms with Crippen LogP contribution in [0, 0.1) is 0 Å². The van der Waals surface area contributed by atoms with Crippen LogP contribution in [0.2, 0.25) is 0 Å². The van der Waals surface area contributed by atoms with Gasteiger partial charge < -0.3 is 5.32 Å². The first kappa shape index (κ1) is 13.5. The summed E-state index contributed by atoms with van der Waals surface area (Å²) in [5, 5.41) is 2.61. The lowest BCUT2D eigenvalue weighted by atomic mass is 9.98. The number of amides is 1. The molecule has 0 saturated heterocycles. The van der Waals surface area contributed by atoms with Crippen molar-refractivity contribution in [3.63, 3.8) is 0 Å². The molecule has 4 nitrogen and oxygen atoms in total. The number of aryl methyl sites for hydroxylation is 2. The van der Waals surface area contributed by atoms with Gasteiger partial charge in [-0.3, -0.25) is 9.59 Å². The monoisotopic (exact) mass is 280 g/mol. The largest absolute Gasteiger partial charge is 0.310 e. The van der Waals surface area contributed by atoms with Crippen LogP contribution >= 0.6 is 0 Å². The summed E-state index contributed by atoms with van der Waals surface area (Å²) in [5.74, 6) is 0.0761. The van der Waals surface area contributed by atoms with E-state index < -0.39 is 0 Å². The first-order valence-corrected chi connectivity index (χ1v) is 7.03. The highest BCUT2D eigenvalue weighted by Gasteiger charge is 2.15. The Kier molecular flexibility index (Phi) is 3.52. The van der Waals surface area contributed by atoms with Crippen molar-refractivity contribution in [2.75, 3.05) is 5.32 Å². The summed E-state index contributed by atoms with van der Waals surface area (Å²) in [6.07, 6.45) is 5.77. The van der Waals surface area contributed by atoms with E-state index >= 15 is 0 Å². The molecule has 1 amide bonds. The number of aldehydes is 1. The van der Waals surface area contributed by atoms with Gasteiger partial charge in [0.25, 0.3) is 0 Å². The maximum atomic E-state index is 11.4. The molecule has 21 heavy (non-hydrogen) atoms. The van der Waals surface area contributed by atoms with Crippen LogP contribution in [-0.4, -0.2) is 17.2 Å². The summed E-state index contributed by atoms with van der Waals surface area (Å²) in [4.78, 5) is 26.7. The number of anilines is 1. The zero-order chi connectivity index (χ0) is 14.8. The molecule has 0 aliphatic heterocycles. The summed E-state index contributed by atoms with van der Waals surface area (Å²) in [6, 6.07) is 8.11. The van der Waals surface area contributed by atoms with E-state index in [0.29, 0.717) is 11.4 Å². The van der Waals surface area contributed by atoms with Crippen molar-refractivity contribution in [3.05, 3.63) is 47.2 Å². The van der Waals surface area contributed by atoms with Gasteiger partial charge in [-0.1, -0.05) is 18.2 Å². The minimum atomic E-state index is -0.239. The molecule has 4 heteroatoms. The highest BCUT2D eigenvalue weighted by molar-refractivity contribution is 5.98. The molecule has 0 saturated carbocycles. The van der Waals surface area contributed by atoms with Crippen molar-refractivity contribution in [2.45, 2.75) is 26.2 Å². The number of hydrogen-bond donors (Lipinski definition) is 1. The van der Waals surface area contributed by atoms with Gasteiger partial charge in [-0.25, -0.2) is 4.98 Å². The Bertz CT molecular complexity index is 723. The highest BCUT2D eigenvalue weighted by atomic mass is 16.1. The average molecular weight is 280 g/mol. The SMILES string of the molecule is CC(=O)Nc1nccc(-c2ccc3c(c2)CCC3)c1C=O. The second-order valence-electron chi connectivity index (χ2n) is 5.26. The van der Waals surface area contributed by atoms with Crippen molar-refractivity contribution < 1.29 is 9.59 Å². The number of aromatic nitrogens is 1. The molecule has 0 unspecified atom stereocenters. The maximum Gasteiger partial charge on any atom is 0.222 e. The van der Waals surface area contributed by atoms with Crippen LogP contribution in [0.3, 0.4) is 0 Å². The first-order chi connectivity index (χ1) is 10.2. The van der Waals surface area contributed by atoms with E-state index in [1.54, 1.807) is 6.20 Å². The van der Waals surface area contributed by atoms with E-state index in [1.807, 2.05) is 12.1 Å². The number of carbonyl (C=O) groups is 2. The van der Waals surface area contributed by atoms with Crippen LogP contribution in [0.1, 0.15) is 34.8 Å². The van der Waals surface area contributed by atoms with Gasteiger partial charge in [0.05, 0.1) is 5.56 Å². The molecule has 1 heterocycles. The molecule has 1 aliphatic rings. The molecule has 0 radical (unpaired) electrons. The van der Waals surface area contributed by atoms with Crippen LogP contribution in [0.15, 0.2) is 30.5 Å². The normalized spacial score (nSPS) is 12.8. The van der Waals surface area contributed by atoms with Gasteiger partial charge >= 0.3 is 0 Å². The predicted octanol–water partition coefficient (Wildman–Crippen LogP) is 3.01. The Hall–Kier alpha value is -2.49. The summed E-state index contributed by atoms with van der Waals surface area (Å²) in [7, 11) is 0. The molecule has 2 aromatic rings. The molecule has 0 fully saturated rings. The molecule has 0 atom stereocenters. The third-order valence-corrected chi connectivity index (χ3v) is 3.81. The van der Waals surface area contributed by atoms with E-state index in [4.69, 9.17) is 0 Å². The number of pyridine rings is 1. The lowest BCUT2D eigenvalue weighted by Crippen LogP contribution is -2.10. The van der Waals surface area contributed by atoms with Gasteiger partial charge in [0.15, 0.2) is 6.29 Å². The molecule has 1 aliphatic carbocycles. The Morgan fingerprint density at radius 2 is 2.05 bits per heavy atom. The summed E-state index contributed by atoms with van der Waals surface area (Å²) >= 11 is 0. The number of nitrogens with one attached hydrogen (secondary N) is 1. The smallest absolute Gasteiger partial charge is 0.222 e. The molecular weight excluding hydrogens is 264 g/mol. The topological polar surface area (TPSA) is 59.1 Å². The summed E-state index contributed by atoms with van der Waals surface area (Å²) in [6.45, 7) is 1.40. The van der Waals surface area contributed by atoms with Crippen LogP contribution in [0.4, 0.5) is 5.82 Å². The van der Waals surface area contributed by atoms with Crippen LogP contribution in [0.5, 0.6) is 0 Å². The first-order valence-electron chi connectivity index (χ1n) is 7.03. The van der Waals surface area contributed by atoms with Gasteiger partial charge in [0.1, 0.15) is 5.82 Å². The van der Waals surface area contributed by atoms with Crippen molar-refractivity contribution in [3.8, 4) is 11.1 Å². The van der Waals surface area contributed by atoms with Crippen LogP contribution in [0.25, 0.3) is 11.1 Å². The third-order valence-electron chi connectivity index (χ3n) is 3.81. The molecular formula is C17H16N2O2. The number of nitrogens with zero attached hydrogens (tertiary/aromatic N) is 1. The van der Waals surface area contributed by atoms with Crippen molar-refractivity contribution in [1.82, 2.24) is 4.98 Å². The second-order valence-corrected chi connectivity index (χ2v) is 5.26. The second kappa shape index (κ2) is 5.48. The Labute approximate surface area is 123 Å². The molecule has 0 spiro atoms. The maximum absolute atomic E-state index is 11.4. The van der Waals surface area contributed by atoms with E-state index in [0.717, 1.165) is 30.3 Å². The summed E-state index contributed by atoms with van der Waals surface area (Å²) in [5.41, 5.74) is 4.96. The minimum Gasteiger partial charge on any atom is -0.310 e. The number of rotatable bonds is 3. The molecule has 0 bridgehead atoms.